The van der Waals surface area contributed by atoms with E-state index in [1.54, 1.807) is 24.3 Å². The molecule has 29 heavy (non-hydrogen) atoms. The van der Waals surface area contributed by atoms with Crippen LogP contribution < -0.4 is 15.4 Å². The Bertz CT molecular complexity index is 820. The van der Waals surface area contributed by atoms with Crippen LogP contribution in [0.25, 0.3) is 0 Å². The van der Waals surface area contributed by atoms with Crippen LogP contribution in [0.3, 0.4) is 0 Å². The lowest BCUT2D eigenvalue weighted by Gasteiger charge is -2.13. The molecule has 1 aliphatic rings. The third-order valence-corrected chi connectivity index (χ3v) is 5.48. The number of benzene rings is 2. The average Bonchev–Trinajstić information content (AvgIpc) is 3.26. The number of ether oxygens (including phenoxy) is 2. The van der Waals surface area contributed by atoms with Gasteiger partial charge in [0, 0.05) is 18.0 Å². The minimum absolute atomic E-state index is 0.0752. The summed E-state index contributed by atoms with van der Waals surface area (Å²) in [6.45, 7) is 3.79. The van der Waals surface area contributed by atoms with Gasteiger partial charge < -0.3 is 20.1 Å². The molecule has 154 valence electrons. The van der Waals surface area contributed by atoms with Crippen molar-refractivity contribution in [2.45, 2.75) is 30.8 Å². The lowest BCUT2D eigenvalue weighted by atomic mass is 10.1. The average molecular weight is 415 g/mol. The van der Waals surface area contributed by atoms with Gasteiger partial charge in [0.1, 0.15) is 5.75 Å². The molecule has 1 aliphatic heterocycles. The Hall–Kier alpha value is -2.51. The van der Waals surface area contributed by atoms with Crippen molar-refractivity contribution in [1.29, 1.82) is 0 Å². The highest BCUT2D eigenvalue weighted by molar-refractivity contribution is 8.00. The number of hydrogen-bond donors (Lipinski definition) is 2. The minimum atomic E-state index is -0.212. The molecule has 1 fully saturated rings. The second-order valence-electron chi connectivity index (χ2n) is 6.63. The summed E-state index contributed by atoms with van der Waals surface area (Å²) in [5.74, 6) is 0.683. The van der Waals surface area contributed by atoms with Gasteiger partial charge in [0.15, 0.2) is 0 Å². The van der Waals surface area contributed by atoms with Crippen molar-refractivity contribution >= 4 is 29.3 Å². The van der Waals surface area contributed by atoms with E-state index in [-0.39, 0.29) is 23.7 Å². The highest BCUT2D eigenvalue weighted by Gasteiger charge is 2.18. The van der Waals surface area contributed by atoms with Gasteiger partial charge >= 0.3 is 0 Å². The van der Waals surface area contributed by atoms with Crippen molar-refractivity contribution < 1.29 is 19.1 Å². The van der Waals surface area contributed by atoms with Gasteiger partial charge in [0.25, 0.3) is 5.91 Å². The fourth-order valence-electron chi connectivity index (χ4n) is 3.03. The molecule has 0 spiro atoms. The molecular formula is C22H26N2O4S. The van der Waals surface area contributed by atoms with Crippen LogP contribution in [0.4, 0.5) is 5.69 Å². The molecule has 7 heteroatoms. The van der Waals surface area contributed by atoms with E-state index in [1.807, 2.05) is 31.2 Å². The first-order chi connectivity index (χ1) is 14.2. The SMILES string of the molecule is CCOc1ccc(SCC(=O)Nc2ccccc2C(=O)NC[C@@H]2CCCO2)cc1. The summed E-state index contributed by atoms with van der Waals surface area (Å²) in [5, 5.41) is 5.74. The molecule has 0 saturated carbocycles. The van der Waals surface area contributed by atoms with Crippen LogP contribution in [0, 0.1) is 0 Å². The van der Waals surface area contributed by atoms with Gasteiger partial charge in [-0.2, -0.15) is 0 Å². The number of para-hydroxylation sites is 1. The van der Waals surface area contributed by atoms with Crippen LogP contribution in [0.2, 0.25) is 0 Å². The van der Waals surface area contributed by atoms with E-state index >= 15 is 0 Å². The van der Waals surface area contributed by atoms with Crippen molar-refractivity contribution in [3.63, 3.8) is 0 Å². The molecule has 6 nitrogen and oxygen atoms in total. The Labute approximate surface area is 175 Å². The largest absolute Gasteiger partial charge is 0.494 e. The quantitative estimate of drug-likeness (QED) is 0.612. The number of carbonyl (C=O) groups is 2. The van der Waals surface area contributed by atoms with Crippen LogP contribution in [0.5, 0.6) is 5.75 Å². The summed E-state index contributed by atoms with van der Waals surface area (Å²) in [6, 6.07) is 14.7. The molecule has 1 saturated heterocycles. The lowest BCUT2D eigenvalue weighted by Crippen LogP contribution is -2.32. The maximum absolute atomic E-state index is 12.5. The van der Waals surface area contributed by atoms with Gasteiger partial charge in [-0.1, -0.05) is 12.1 Å². The summed E-state index contributed by atoms with van der Waals surface area (Å²) in [4.78, 5) is 25.9. The normalized spacial score (nSPS) is 15.7. The number of anilines is 1. The molecule has 0 aliphatic carbocycles. The second kappa shape index (κ2) is 10.9. The van der Waals surface area contributed by atoms with Crippen molar-refractivity contribution in [3.8, 4) is 5.75 Å². The number of thioether (sulfide) groups is 1. The van der Waals surface area contributed by atoms with Crippen molar-refractivity contribution in [2.75, 3.05) is 30.8 Å². The maximum atomic E-state index is 12.5. The molecule has 3 rings (SSSR count). The molecule has 0 bridgehead atoms. The molecule has 1 atom stereocenters. The molecule has 2 N–H and O–H groups in total. The highest BCUT2D eigenvalue weighted by Crippen LogP contribution is 2.22. The van der Waals surface area contributed by atoms with Gasteiger partial charge in [-0.15, -0.1) is 11.8 Å². The van der Waals surface area contributed by atoms with Gasteiger partial charge in [-0.3, -0.25) is 9.59 Å². The maximum Gasteiger partial charge on any atom is 0.253 e. The molecule has 0 aromatic heterocycles. The Morgan fingerprint density at radius 2 is 1.97 bits per heavy atom. The van der Waals surface area contributed by atoms with Crippen LogP contribution in [0.1, 0.15) is 30.1 Å². The first-order valence-corrected chi connectivity index (χ1v) is 10.8. The van der Waals surface area contributed by atoms with Crippen LogP contribution in [0.15, 0.2) is 53.4 Å². The Morgan fingerprint density at radius 1 is 1.17 bits per heavy atom. The van der Waals surface area contributed by atoms with E-state index < -0.39 is 0 Å². The zero-order chi connectivity index (χ0) is 20.5. The number of amides is 2. The first-order valence-electron chi connectivity index (χ1n) is 9.80. The molecule has 2 amide bonds. The zero-order valence-electron chi connectivity index (χ0n) is 16.5. The van der Waals surface area contributed by atoms with E-state index in [0.29, 0.717) is 24.4 Å². The Balaban J connectivity index is 1.52. The van der Waals surface area contributed by atoms with E-state index in [4.69, 9.17) is 9.47 Å². The van der Waals surface area contributed by atoms with Crippen molar-refractivity contribution in [2.24, 2.45) is 0 Å². The molecule has 1 heterocycles. The monoisotopic (exact) mass is 414 g/mol. The van der Waals surface area contributed by atoms with E-state index in [1.165, 1.54) is 11.8 Å². The Kier molecular flexibility index (Phi) is 7.95. The fourth-order valence-corrected chi connectivity index (χ4v) is 3.73. The molecule has 2 aromatic carbocycles. The van der Waals surface area contributed by atoms with E-state index in [0.717, 1.165) is 30.1 Å². The zero-order valence-corrected chi connectivity index (χ0v) is 17.3. The van der Waals surface area contributed by atoms with Gasteiger partial charge in [-0.25, -0.2) is 0 Å². The molecule has 2 aromatic rings. The van der Waals surface area contributed by atoms with E-state index in [9.17, 15) is 9.59 Å². The summed E-state index contributed by atoms with van der Waals surface area (Å²) >= 11 is 1.43. The van der Waals surface area contributed by atoms with Crippen LogP contribution in [-0.4, -0.2) is 43.4 Å². The third kappa shape index (κ3) is 6.51. The smallest absolute Gasteiger partial charge is 0.253 e. The molecule has 0 radical (unpaired) electrons. The standard InChI is InChI=1S/C22H26N2O4S/c1-2-27-16-9-11-18(12-10-16)29-15-21(25)24-20-8-4-3-7-19(20)22(26)23-14-17-6-5-13-28-17/h3-4,7-12,17H,2,5-6,13-15H2,1H3,(H,23,26)(H,24,25)/t17-/m0/s1. The predicted molar refractivity (Wildman–Crippen MR) is 115 cm³/mol. The molecular weight excluding hydrogens is 388 g/mol. The summed E-state index contributed by atoms with van der Waals surface area (Å²) < 4.78 is 11.0. The van der Waals surface area contributed by atoms with Gasteiger partial charge in [0.05, 0.1) is 29.7 Å². The number of rotatable bonds is 9. The lowest BCUT2D eigenvalue weighted by molar-refractivity contribution is -0.113. The number of carbonyl (C=O) groups excluding carboxylic acids is 2. The van der Waals surface area contributed by atoms with Gasteiger partial charge in [-0.05, 0) is 56.2 Å². The number of hydrogen-bond acceptors (Lipinski definition) is 5. The topological polar surface area (TPSA) is 76.7 Å². The highest BCUT2D eigenvalue weighted by atomic mass is 32.2. The summed E-state index contributed by atoms with van der Waals surface area (Å²) in [7, 11) is 0. The second-order valence-corrected chi connectivity index (χ2v) is 7.68. The summed E-state index contributed by atoms with van der Waals surface area (Å²) in [5.41, 5.74) is 0.958. The third-order valence-electron chi connectivity index (χ3n) is 4.46. The summed E-state index contributed by atoms with van der Waals surface area (Å²) in [6.07, 6.45) is 2.06. The predicted octanol–water partition coefficient (Wildman–Crippen LogP) is 3.72. The van der Waals surface area contributed by atoms with Crippen molar-refractivity contribution in [1.82, 2.24) is 5.32 Å². The fraction of sp³-hybridized carbons (Fsp3) is 0.364. The first kappa shape index (κ1) is 21.2. The van der Waals surface area contributed by atoms with Crippen LogP contribution in [-0.2, 0) is 9.53 Å². The Morgan fingerprint density at radius 3 is 2.69 bits per heavy atom. The van der Waals surface area contributed by atoms with Crippen LogP contribution >= 0.6 is 11.8 Å². The van der Waals surface area contributed by atoms with Crippen molar-refractivity contribution in [3.05, 3.63) is 54.1 Å². The van der Waals surface area contributed by atoms with Gasteiger partial charge in [0.2, 0.25) is 5.91 Å². The molecule has 0 unspecified atom stereocenters. The minimum Gasteiger partial charge on any atom is -0.494 e. The van der Waals surface area contributed by atoms with E-state index in [2.05, 4.69) is 10.6 Å². The number of nitrogens with one attached hydrogen (secondary N) is 2.